The van der Waals surface area contributed by atoms with Crippen LogP contribution in [0.4, 0.5) is 10.1 Å². The number of ether oxygens (including phenoxy) is 1. The number of rotatable bonds is 5. The van der Waals surface area contributed by atoms with Gasteiger partial charge in [0.15, 0.2) is 0 Å². The van der Waals surface area contributed by atoms with Crippen molar-refractivity contribution in [2.75, 3.05) is 51.9 Å². The van der Waals surface area contributed by atoms with Gasteiger partial charge in [-0.15, -0.1) is 11.3 Å². The predicted octanol–water partition coefficient (Wildman–Crippen LogP) is 4.98. The molecule has 3 aliphatic heterocycles. The van der Waals surface area contributed by atoms with Crippen LogP contribution in [0.2, 0.25) is 4.34 Å². The molecule has 33 heavy (non-hydrogen) atoms. The fraction of sp³-hybridized carbons (Fsp3) is 0.560. The molecule has 5 rings (SSSR count). The second-order valence-electron chi connectivity index (χ2n) is 9.80. The molecule has 0 bridgehead atoms. The van der Waals surface area contributed by atoms with Crippen LogP contribution in [-0.2, 0) is 23.3 Å². The quantitative estimate of drug-likeness (QED) is 0.591. The Morgan fingerprint density at radius 3 is 2.85 bits per heavy atom. The van der Waals surface area contributed by atoms with Crippen LogP contribution in [0.5, 0.6) is 0 Å². The molecule has 0 aliphatic carbocycles. The molecule has 0 amide bonds. The third-order valence-corrected chi connectivity index (χ3v) is 8.65. The monoisotopic (exact) mass is 490 g/mol. The van der Waals surface area contributed by atoms with Crippen molar-refractivity contribution in [2.24, 2.45) is 11.0 Å². The molecule has 1 atom stereocenters. The van der Waals surface area contributed by atoms with Crippen molar-refractivity contribution in [1.82, 2.24) is 9.80 Å². The minimum atomic E-state index is -0.202. The van der Waals surface area contributed by atoms with Gasteiger partial charge >= 0.3 is 0 Å². The van der Waals surface area contributed by atoms with Crippen LogP contribution in [0.1, 0.15) is 35.8 Å². The number of likely N-dealkylation sites (tertiary alicyclic amines) is 1. The van der Waals surface area contributed by atoms with E-state index in [-0.39, 0.29) is 11.4 Å². The van der Waals surface area contributed by atoms with Gasteiger partial charge in [-0.1, -0.05) is 23.7 Å². The minimum Gasteiger partial charge on any atom is -0.369 e. The van der Waals surface area contributed by atoms with Crippen LogP contribution in [-0.4, -0.2) is 62.4 Å². The van der Waals surface area contributed by atoms with Crippen LogP contribution < -0.4 is 5.01 Å². The Kier molecular flexibility index (Phi) is 6.53. The van der Waals surface area contributed by atoms with E-state index in [1.807, 2.05) is 25.2 Å². The molecule has 0 N–H and O–H groups in total. The lowest BCUT2D eigenvalue weighted by molar-refractivity contribution is -0.0955. The Hall–Kier alpha value is -1.51. The average Bonchev–Trinajstić information content (AvgIpc) is 3.32. The molecule has 8 heteroatoms. The number of halogens is 2. The lowest BCUT2D eigenvalue weighted by Crippen LogP contribution is -2.47. The van der Waals surface area contributed by atoms with Crippen molar-refractivity contribution in [2.45, 2.75) is 38.3 Å². The number of fused-ring (bicyclic) bond motifs is 2. The molecule has 4 heterocycles. The zero-order valence-electron chi connectivity index (χ0n) is 19.6. The first kappa shape index (κ1) is 23.2. The van der Waals surface area contributed by atoms with E-state index in [4.69, 9.17) is 21.4 Å². The number of hydrazone groups is 1. The van der Waals surface area contributed by atoms with E-state index in [1.165, 1.54) is 16.5 Å². The second-order valence-corrected chi connectivity index (χ2v) is 11.5. The van der Waals surface area contributed by atoms with E-state index < -0.39 is 0 Å². The number of nitrogens with zero attached hydrogens (tertiary/aromatic N) is 4. The molecule has 2 aromatic rings. The van der Waals surface area contributed by atoms with Crippen LogP contribution in [0.3, 0.4) is 0 Å². The Balaban J connectivity index is 1.25. The zero-order valence-corrected chi connectivity index (χ0v) is 21.2. The van der Waals surface area contributed by atoms with Crippen molar-refractivity contribution < 1.29 is 9.13 Å². The van der Waals surface area contributed by atoms with Gasteiger partial charge in [-0.05, 0) is 63.5 Å². The number of hydrogen-bond acceptors (Lipinski definition) is 6. The van der Waals surface area contributed by atoms with E-state index in [0.29, 0.717) is 18.2 Å². The third kappa shape index (κ3) is 4.58. The molecular formula is C25H32ClFN4OS. The smallest absolute Gasteiger partial charge is 0.148 e. The summed E-state index contributed by atoms with van der Waals surface area (Å²) in [4.78, 5) is 5.93. The summed E-state index contributed by atoms with van der Waals surface area (Å²) < 4.78 is 22.1. The standard InChI is InChI=1S/C25H32ClFN4OS/c1-17-20(16-31(28-17)23-19(14-29(2)3)5-4-6-21(23)27)15-30-10-8-25(9-11-30)24-18(7-12-32-25)13-22(26)33-24/h4-6,13,20H,7-12,14-16H2,1-3H3. The van der Waals surface area contributed by atoms with Crippen molar-refractivity contribution in [3.8, 4) is 0 Å². The summed E-state index contributed by atoms with van der Waals surface area (Å²) in [7, 11) is 4.00. The summed E-state index contributed by atoms with van der Waals surface area (Å²) in [6.07, 6.45) is 2.94. The summed E-state index contributed by atoms with van der Waals surface area (Å²) >= 11 is 8.02. The summed E-state index contributed by atoms with van der Waals surface area (Å²) in [5.74, 6) is 0.0937. The number of thiophene rings is 1. The van der Waals surface area contributed by atoms with Crippen molar-refractivity contribution in [3.05, 3.63) is 50.4 Å². The van der Waals surface area contributed by atoms with Crippen LogP contribution in [0, 0.1) is 11.7 Å². The first-order valence-corrected chi connectivity index (χ1v) is 12.9. The molecule has 1 spiro atoms. The molecule has 1 saturated heterocycles. The molecule has 1 unspecified atom stereocenters. The maximum atomic E-state index is 14.8. The van der Waals surface area contributed by atoms with E-state index in [1.54, 1.807) is 17.4 Å². The molecular weight excluding hydrogens is 459 g/mol. The minimum absolute atomic E-state index is 0.166. The number of piperidine rings is 1. The predicted molar refractivity (Wildman–Crippen MR) is 134 cm³/mol. The van der Waals surface area contributed by atoms with Gasteiger partial charge in [0, 0.05) is 42.7 Å². The van der Waals surface area contributed by atoms with Gasteiger partial charge < -0.3 is 14.5 Å². The maximum absolute atomic E-state index is 14.8. The highest BCUT2D eigenvalue weighted by Crippen LogP contribution is 2.46. The van der Waals surface area contributed by atoms with Crippen LogP contribution in [0.25, 0.3) is 0 Å². The summed E-state index contributed by atoms with van der Waals surface area (Å²) in [6, 6.07) is 7.44. The molecule has 1 fully saturated rings. The van der Waals surface area contributed by atoms with Gasteiger partial charge in [-0.3, -0.25) is 5.01 Å². The second kappa shape index (κ2) is 9.27. The van der Waals surface area contributed by atoms with Gasteiger partial charge in [0.25, 0.3) is 0 Å². The highest BCUT2D eigenvalue weighted by atomic mass is 35.5. The van der Waals surface area contributed by atoms with Gasteiger partial charge in [0.05, 0.1) is 23.2 Å². The normalized spacial score (nSPS) is 22.8. The lowest BCUT2D eigenvalue weighted by Gasteiger charge is -2.44. The van der Waals surface area contributed by atoms with Crippen LogP contribution in [0.15, 0.2) is 29.4 Å². The largest absolute Gasteiger partial charge is 0.369 e. The molecule has 1 aromatic carbocycles. The Labute approximate surface area is 204 Å². The van der Waals surface area contributed by atoms with E-state index in [2.05, 4.69) is 22.8 Å². The van der Waals surface area contributed by atoms with Gasteiger partial charge in [0.2, 0.25) is 0 Å². The van der Waals surface area contributed by atoms with Gasteiger partial charge in [0.1, 0.15) is 11.4 Å². The van der Waals surface area contributed by atoms with Crippen molar-refractivity contribution in [1.29, 1.82) is 0 Å². The SMILES string of the molecule is CC1=NN(c2c(F)cccc2CN(C)C)CC1CN1CCC2(CC1)OCCc1cc(Cl)sc12. The fourth-order valence-corrected chi connectivity index (χ4v) is 6.97. The molecule has 5 nitrogen and oxygen atoms in total. The molecule has 1 aromatic heterocycles. The molecule has 3 aliphatic rings. The zero-order chi connectivity index (χ0) is 23.2. The number of anilines is 1. The highest BCUT2D eigenvalue weighted by Gasteiger charge is 2.43. The van der Waals surface area contributed by atoms with E-state index in [0.717, 1.165) is 67.7 Å². The molecule has 0 saturated carbocycles. The van der Waals surface area contributed by atoms with Crippen molar-refractivity contribution >= 4 is 34.3 Å². The number of para-hydroxylation sites is 1. The lowest BCUT2D eigenvalue weighted by atomic mass is 9.85. The highest BCUT2D eigenvalue weighted by molar-refractivity contribution is 7.16. The van der Waals surface area contributed by atoms with Crippen LogP contribution >= 0.6 is 22.9 Å². The Bertz CT molecular complexity index is 1050. The van der Waals surface area contributed by atoms with Crippen molar-refractivity contribution in [3.63, 3.8) is 0 Å². The first-order valence-electron chi connectivity index (χ1n) is 11.7. The summed E-state index contributed by atoms with van der Waals surface area (Å²) in [5.41, 5.74) is 3.87. The van der Waals surface area contributed by atoms with E-state index in [9.17, 15) is 4.39 Å². The number of benzene rings is 1. The maximum Gasteiger partial charge on any atom is 0.148 e. The number of hydrogen-bond donors (Lipinski definition) is 0. The average molecular weight is 491 g/mol. The van der Waals surface area contributed by atoms with Gasteiger partial charge in [-0.2, -0.15) is 5.10 Å². The fourth-order valence-electron chi connectivity index (χ4n) is 5.47. The Morgan fingerprint density at radius 2 is 2.09 bits per heavy atom. The Morgan fingerprint density at radius 1 is 1.30 bits per heavy atom. The topological polar surface area (TPSA) is 31.3 Å². The third-order valence-electron chi connectivity index (χ3n) is 7.16. The molecule has 178 valence electrons. The van der Waals surface area contributed by atoms with E-state index >= 15 is 0 Å². The van der Waals surface area contributed by atoms with Gasteiger partial charge in [-0.25, -0.2) is 4.39 Å². The first-order chi connectivity index (χ1) is 15.8. The summed E-state index contributed by atoms with van der Waals surface area (Å²) in [5, 5.41) is 6.66. The molecule has 0 radical (unpaired) electrons. The summed E-state index contributed by atoms with van der Waals surface area (Å²) in [6.45, 7) is 7.18.